The summed E-state index contributed by atoms with van der Waals surface area (Å²) >= 11 is 0. The predicted molar refractivity (Wildman–Crippen MR) is 147 cm³/mol. The number of nitriles is 1. The number of halogens is 3. The Balaban J connectivity index is 0.00000368. The molecule has 7 atom stereocenters. The first-order chi connectivity index (χ1) is 19.6. The summed E-state index contributed by atoms with van der Waals surface area (Å²) < 4.78 is 47.3. The Morgan fingerprint density at radius 1 is 1.19 bits per heavy atom. The average Bonchev–Trinajstić information content (AvgIpc) is 3.86. The largest absolute Gasteiger partial charge is 0.403 e. The van der Waals surface area contributed by atoms with Crippen molar-refractivity contribution in [1.29, 1.82) is 5.26 Å². The monoisotopic (exact) mass is 609 g/mol. The maximum absolute atomic E-state index is 14.1. The Hall–Kier alpha value is -2.88. The number of carbonyl (C=O) groups excluding carboxylic acids is 4. The minimum absolute atomic E-state index is 0. The van der Waals surface area contributed by atoms with Crippen molar-refractivity contribution in [3.8, 4) is 6.07 Å². The van der Waals surface area contributed by atoms with E-state index in [4.69, 9.17) is 4.74 Å². The van der Waals surface area contributed by atoms with Gasteiger partial charge in [-0.05, 0) is 64.2 Å². The quantitative estimate of drug-likeness (QED) is 0.387. The van der Waals surface area contributed by atoms with Crippen molar-refractivity contribution >= 4 is 23.6 Å². The molecule has 3 aliphatic heterocycles. The molecule has 3 aliphatic carbocycles. The van der Waals surface area contributed by atoms with Gasteiger partial charge in [0, 0.05) is 24.9 Å². The average molecular weight is 610 g/mol. The highest BCUT2D eigenvalue weighted by molar-refractivity contribution is 6.01. The van der Waals surface area contributed by atoms with E-state index in [0.717, 1.165) is 19.3 Å². The molecule has 0 aromatic heterocycles. The summed E-state index contributed by atoms with van der Waals surface area (Å²) in [7, 11) is 0. The zero-order chi connectivity index (χ0) is 30.6. The molecule has 0 bridgehead atoms. The Kier molecular flexibility index (Phi) is 7.20. The Morgan fingerprint density at radius 3 is 2.37 bits per heavy atom. The van der Waals surface area contributed by atoms with Gasteiger partial charge in [-0.15, -0.1) is 0 Å². The van der Waals surface area contributed by atoms with Crippen molar-refractivity contribution in [2.45, 2.75) is 122 Å². The maximum atomic E-state index is 14.1. The van der Waals surface area contributed by atoms with Crippen LogP contribution < -0.4 is 10.6 Å². The Labute approximate surface area is 250 Å². The van der Waals surface area contributed by atoms with Crippen molar-refractivity contribution < 1.29 is 37.1 Å². The molecule has 3 heterocycles. The number of rotatable bonds is 9. The van der Waals surface area contributed by atoms with Gasteiger partial charge in [-0.2, -0.15) is 18.4 Å². The smallest absolute Gasteiger partial charge is 0.370 e. The van der Waals surface area contributed by atoms with Crippen LogP contribution in [0.15, 0.2) is 0 Å². The number of ether oxygens (including phenoxy) is 1. The molecule has 7 unspecified atom stereocenters. The molecular weight excluding hydrogens is 567 g/mol. The lowest BCUT2D eigenvalue weighted by Gasteiger charge is -2.54. The molecule has 13 heteroatoms. The van der Waals surface area contributed by atoms with Gasteiger partial charge in [0.15, 0.2) is 0 Å². The number of piperidine rings is 2. The second-order valence-corrected chi connectivity index (χ2v) is 14.0. The summed E-state index contributed by atoms with van der Waals surface area (Å²) in [6.45, 7) is 8.11. The van der Waals surface area contributed by atoms with E-state index in [2.05, 4.69) is 16.7 Å². The topological polar surface area (TPSA) is 132 Å². The fourth-order valence-corrected chi connectivity index (χ4v) is 8.10. The second-order valence-electron chi connectivity index (χ2n) is 14.0. The zero-order valence-electron chi connectivity index (χ0n) is 24.3. The molecule has 6 aliphatic rings. The number of β-lactam (4-membered cyclic amide) rings is 1. The van der Waals surface area contributed by atoms with Crippen LogP contribution in [-0.4, -0.2) is 88.1 Å². The molecule has 1 spiro atoms. The minimum Gasteiger partial charge on any atom is -0.370 e. The molecule has 0 radical (unpaired) electrons. The lowest BCUT2D eigenvalue weighted by Crippen LogP contribution is -2.76. The summed E-state index contributed by atoms with van der Waals surface area (Å²) in [5.41, 5.74) is -4.26. The molecule has 3 saturated carbocycles. The maximum Gasteiger partial charge on any atom is 0.403 e. The van der Waals surface area contributed by atoms with E-state index < -0.39 is 76.0 Å². The summed E-state index contributed by atoms with van der Waals surface area (Å²) in [4.78, 5) is 56.2. The van der Waals surface area contributed by atoms with Crippen LogP contribution in [0.25, 0.3) is 0 Å². The highest BCUT2D eigenvalue weighted by atomic mass is 19.4. The van der Waals surface area contributed by atoms with Crippen LogP contribution in [0.2, 0.25) is 0 Å². The Bertz CT molecular complexity index is 1270. The van der Waals surface area contributed by atoms with E-state index in [1.165, 1.54) is 4.90 Å². The summed E-state index contributed by atoms with van der Waals surface area (Å²) in [5.74, 6) is -3.01. The fourth-order valence-electron chi connectivity index (χ4n) is 8.10. The van der Waals surface area contributed by atoms with Crippen LogP contribution in [0.5, 0.6) is 0 Å². The van der Waals surface area contributed by atoms with Gasteiger partial charge in [0.25, 0.3) is 0 Å². The molecule has 0 aromatic carbocycles. The van der Waals surface area contributed by atoms with Crippen LogP contribution in [0.1, 0.15) is 80.1 Å². The highest BCUT2D eigenvalue weighted by Crippen LogP contribution is 2.76. The van der Waals surface area contributed by atoms with Gasteiger partial charge >= 0.3 is 6.18 Å². The third-order valence-corrected chi connectivity index (χ3v) is 11.2. The predicted octanol–water partition coefficient (Wildman–Crippen LogP) is 2.66. The van der Waals surface area contributed by atoms with Crippen LogP contribution in [0.4, 0.5) is 13.2 Å². The number of amides is 4. The number of alkyl halides is 3. The Morgan fingerprint density at radius 2 is 1.84 bits per heavy atom. The summed E-state index contributed by atoms with van der Waals surface area (Å²) in [5, 5.41) is 15.3. The standard InChI is InChI=1S/C29H38F3N5O5.CH4/c1-15(42-26(4)7-8-26)19(35-24(41)27(9-10-27)29(30,31)32)22(39)36-14-18-25(2,3)28(18)20(36)23(40)37(28)17(13-33)12-16-6-5-11-34-21(16)38;/h15-20H,5-12,14H2,1-4H3,(H,34,38)(H,35,41);1H4. The molecular formula is C30H42F3N5O5. The second kappa shape index (κ2) is 9.81. The molecule has 4 amide bonds. The number of nitrogens with zero attached hydrogens (tertiary/aromatic N) is 3. The van der Waals surface area contributed by atoms with E-state index in [1.807, 2.05) is 20.8 Å². The normalized spacial score (nSPS) is 34.1. The van der Waals surface area contributed by atoms with Crippen molar-refractivity contribution in [1.82, 2.24) is 20.4 Å². The molecule has 238 valence electrons. The molecule has 3 saturated heterocycles. The fraction of sp³-hybridized carbons (Fsp3) is 0.833. The minimum atomic E-state index is -4.74. The van der Waals surface area contributed by atoms with Gasteiger partial charge in [-0.1, -0.05) is 21.3 Å². The lowest BCUT2D eigenvalue weighted by atomic mass is 9.80. The number of carbonyl (C=O) groups is 4. The van der Waals surface area contributed by atoms with Crippen LogP contribution in [0.3, 0.4) is 0 Å². The molecule has 2 N–H and O–H groups in total. The van der Waals surface area contributed by atoms with Gasteiger partial charge in [0.1, 0.15) is 23.5 Å². The molecule has 10 nitrogen and oxygen atoms in total. The number of hydrogen-bond acceptors (Lipinski definition) is 6. The number of likely N-dealkylation sites (tertiary alicyclic amines) is 2. The zero-order valence-corrected chi connectivity index (χ0v) is 24.3. The third-order valence-electron chi connectivity index (χ3n) is 11.2. The van der Waals surface area contributed by atoms with E-state index in [1.54, 1.807) is 11.8 Å². The summed E-state index contributed by atoms with van der Waals surface area (Å²) in [6.07, 6.45) is -3.30. The van der Waals surface area contributed by atoms with E-state index in [9.17, 15) is 37.6 Å². The van der Waals surface area contributed by atoms with Crippen LogP contribution in [0, 0.1) is 34.0 Å². The van der Waals surface area contributed by atoms with Crippen LogP contribution >= 0.6 is 0 Å². The van der Waals surface area contributed by atoms with Gasteiger partial charge in [-0.3, -0.25) is 19.2 Å². The van der Waals surface area contributed by atoms with Crippen molar-refractivity contribution in [2.75, 3.05) is 13.1 Å². The van der Waals surface area contributed by atoms with Crippen LogP contribution in [-0.2, 0) is 23.9 Å². The van der Waals surface area contributed by atoms with Crippen molar-refractivity contribution in [3.63, 3.8) is 0 Å². The van der Waals surface area contributed by atoms with E-state index >= 15 is 0 Å². The SMILES string of the molecule is C.CC(OC1(C)CC1)C(NC(=O)C1(C(F)(F)F)CC1)C(=O)N1CC2C(C)(C)C23C1C(=O)N3C(C#N)CC1CCCNC1=O. The molecule has 6 rings (SSSR count). The van der Waals surface area contributed by atoms with Crippen molar-refractivity contribution in [3.05, 3.63) is 0 Å². The number of hydrogen-bond donors (Lipinski definition) is 2. The first kappa shape index (κ1) is 31.5. The van der Waals surface area contributed by atoms with Gasteiger partial charge in [0.05, 0.1) is 23.3 Å². The molecule has 6 fully saturated rings. The first-order valence-corrected chi connectivity index (χ1v) is 14.9. The first-order valence-electron chi connectivity index (χ1n) is 14.9. The lowest BCUT2D eigenvalue weighted by molar-refractivity contribution is -0.194. The highest BCUT2D eigenvalue weighted by Gasteiger charge is 2.90. The molecule has 43 heavy (non-hydrogen) atoms. The van der Waals surface area contributed by atoms with E-state index in [0.29, 0.717) is 13.0 Å². The third kappa shape index (κ3) is 4.37. The van der Waals surface area contributed by atoms with Gasteiger partial charge in [-0.25, -0.2) is 0 Å². The van der Waals surface area contributed by atoms with Gasteiger partial charge in [0.2, 0.25) is 23.6 Å². The van der Waals surface area contributed by atoms with Gasteiger partial charge < -0.3 is 25.2 Å². The van der Waals surface area contributed by atoms with E-state index in [-0.39, 0.29) is 45.1 Å². The molecule has 0 aromatic rings. The van der Waals surface area contributed by atoms with Crippen molar-refractivity contribution in [2.24, 2.45) is 22.7 Å². The number of nitrogens with one attached hydrogen (secondary N) is 2. The summed E-state index contributed by atoms with van der Waals surface area (Å²) in [6, 6.07) is -0.938.